The topological polar surface area (TPSA) is 133 Å². The Morgan fingerprint density at radius 3 is 1.87 bits per heavy atom. The molecule has 0 aromatic heterocycles. The van der Waals surface area contributed by atoms with Crippen molar-refractivity contribution < 1.29 is 42.8 Å². The van der Waals surface area contributed by atoms with Crippen LogP contribution in [0.1, 0.15) is 65.2 Å². The number of Topliss-reactive ketones (excluding diaryl/α,β-unsaturated/α-hetero) is 2. The van der Waals surface area contributed by atoms with Crippen LogP contribution >= 0.6 is 7.82 Å². The number of phosphoric ester groups is 1. The van der Waals surface area contributed by atoms with Gasteiger partial charge in [-0.3, -0.25) is 14.2 Å². The van der Waals surface area contributed by atoms with Gasteiger partial charge in [0.25, 0.3) is 7.82 Å². The van der Waals surface area contributed by atoms with Gasteiger partial charge in [-0.05, 0) is 12.8 Å². The minimum absolute atomic E-state index is 0.0873. The molecule has 0 aromatic rings. The van der Waals surface area contributed by atoms with Crippen LogP contribution in [0.25, 0.3) is 0 Å². The molecule has 0 rings (SSSR count). The summed E-state index contributed by atoms with van der Waals surface area (Å²) in [6.45, 7) is 3.21. The molecular formula is C20H40NO8P. The number of carbonyl (C=O) groups is 2. The summed E-state index contributed by atoms with van der Waals surface area (Å²) < 4.78 is 21.8. The van der Waals surface area contributed by atoms with Crippen molar-refractivity contribution in [2.75, 3.05) is 40.9 Å². The maximum atomic E-state index is 12.6. The number of unbranched alkanes of at least 4 members (excludes halogenated alkanes) is 4. The fourth-order valence-electron chi connectivity index (χ4n) is 2.73. The second-order valence-electron chi connectivity index (χ2n) is 8.63. The maximum absolute atomic E-state index is 12.6. The molecule has 10 heteroatoms. The molecule has 2 atom stereocenters. The first-order valence-corrected chi connectivity index (χ1v) is 12.1. The van der Waals surface area contributed by atoms with Crippen LogP contribution < -0.4 is 4.89 Å². The lowest BCUT2D eigenvalue weighted by Crippen LogP contribution is -2.57. The quantitative estimate of drug-likeness (QED) is 0.138. The van der Waals surface area contributed by atoms with Gasteiger partial charge in [-0.2, -0.15) is 0 Å². The monoisotopic (exact) mass is 453 g/mol. The molecule has 0 aliphatic heterocycles. The number of phosphoric acid groups is 1. The average molecular weight is 454 g/mol. The van der Waals surface area contributed by atoms with E-state index in [0.717, 1.165) is 25.7 Å². The van der Waals surface area contributed by atoms with Gasteiger partial charge in [0, 0.05) is 12.8 Å². The number of nitrogens with zero attached hydrogens (tertiary/aromatic N) is 1. The first kappa shape index (κ1) is 29.3. The lowest BCUT2D eigenvalue weighted by Gasteiger charge is -2.32. The van der Waals surface area contributed by atoms with Crippen LogP contribution in [0.3, 0.4) is 0 Å². The third-order valence-corrected chi connectivity index (χ3v) is 5.71. The van der Waals surface area contributed by atoms with Crippen LogP contribution in [-0.4, -0.2) is 78.9 Å². The summed E-state index contributed by atoms with van der Waals surface area (Å²) in [6, 6.07) is 0. The Kier molecular flexibility index (Phi) is 13.4. The fourth-order valence-corrected chi connectivity index (χ4v) is 3.43. The Balaban J connectivity index is 5.13. The van der Waals surface area contributed by atoms with Crippen LogP contribution in [0.15, 0.2) is 0 Å². The smallest absolute Gasteiger partial charge is 0.268 e. The van der Waals surface area contributed by atoms with Gasteiger partial charge in [-0.25, -0.2) is 0 Å². The minimum atomic E-state index is -4.77. The van der Waals surface area contributed by atoms with Crippen molar-refractivity contribution in [1.29, 1.82) is 0 Å². The molecule has 178 valence electrons. The van der Waals surface area contributed by atoms with Crippen molar-refractivity contribution >= 4 is 19.4 Å². The lowest BCUT2D eigenvalue weighted by molar-refractivity contribution is -0.870. The Morgan fingerprint density at radius 2 is 1.47 bits per heavy atom. The first-order valence-electron chi connectivity index (χ1n) is 10.7. The van der Waals surface area contributed by atoms with Gasteiger partial charge in [0.1, 0.15) is 19.3 Å². The lowest BCUT2D eigenvalue weighted by atomic mass is 9.83. The van der Waals surface area contributed by atoms with E-state index in [-0.39, 0.29) is 19.4 Å². The normalized spacial score (nSPS) is 15.6. The molecule has 0 amide bonds. The molecule has 30 heavy (non-hydrogen) atoms. The van der Waals surface area contributed by atoms with Crippen molar-refractivity contribution in [3.63, 3.8) is 0 Å². The number of rotatable bonds is 18. The number of likely N-dealkylation sites (N-methyl/N-ethyl adjacent to an activating group) is 1. The average Bonchev–Trinajstić information content (AvgIpc) is 2.64. The Hall–Kier alpha value is -0.670. The molecule has 0 radical (unpaired) electrons. The van der Waals surface area contributed by atoms with Crippen LogP contribution in [0.4, 0.5) is 0 Å². The highest BCUT2D eigenvalue weighted by Gasteiger charge is 2.48. The summed E-state index contributed by atoms with van der Waals surface area (Å²) in [4.78, 5) is 37.1. The van der Waals surface area contributed by atoms with E-state index in [9.17, 15) is 29.3 Å². The molecular weight excluding hydrogens is 413 g/mol. The molecule has 0 saturated carbocycles. The number of hydrogen-bond donors (Lipinski definition) is 2. The zero-order valence-electron chi connectivity index (χ0n) is 19.1. The SMILES string of the molecule is CCCCCC(=O)C(O)(C(=O)CCCCC)[C@@H](O)COP(=O)([O-])OCC[N+](C)(C)C. The third kappa shape index (κ3) is 11.1. The van der Waals surface area contributed by atoms with Crippen LogP contribution in [-0.2, 0) is 23.2 Å². The molecule has 1 unspecified atom stereocenters. The Labute approximate surface area is 180 Å². The molecule has 0 heterocycles. The third-order valence-electron chi connectivity index (χ3n) is 4.75. The second-order valence-corrected chi connectivity index (χ2v) is 10.0. The van der Waals surface area contributed by atoms with Crippen molar-refractivity contribution in [2.45, 2.75) is 76.9 Å². The fraction of sp³-hybridized carbons (Fsp3) is 0.900. The van der Waals surface area contributed by atoms with Gasteiger partial charge in [0.15, 0.2) is 11.6 Å². The highest BCUT2D eigenvalue weighted by molar-refractivity contribution is 7.45. The minimum Gasteiger partial charge on any atom is -0.756 e. The largest absolute Gasteiger partial charge is 0.756 e. The standard InChI is InChI=1S/C20H40NO8P/c1-6-8-10-12-17(22)20(25,18(23)13-11-9-7-2)19(24)16-29-30(26,27)28-15-14-21(3,4)5/h19,24-25H,6-16H2,1-5H3/t19-/m0/s1. The molecule has 0 aliphatic carbocycles. The number of aliphatic hydroxyl groups is 2. The zero-order chi connectivity index (χ0) is 23.4. The van der Waals surface area contributed by atoms with Crippen molar-refractivity contribution in [1.82, 2.24) is 0 Å². The predicted molar refractivity (Wildman–Crippen MR) is 112 cm³/mol. The summed E-state index contributed by atoms with van der Waals surface area (Å²) in [5.74, 6) is -1.64. The molecule has 0 saturated heterocycles. The van der Waals surface area contributed by atoms with Crippen molar-refractivity contribution in [3.8, 4) is 0 Å². The molecule has 0 aliphatic rings. The summed E-state index contributed by atoms with van der Waals surface area (Å²) in [7, 11) is 0.809. The van der Waals surface area contributed by atoms with E-state index in [1.165, 1.54) is 0 Å². The van der Waals surface area contributed by atoms with Gasteiger partial charge in [-0.15, -0.1) is 0 Å². The van der Waals surface area contributed by atoms with E-state index < -0.39 is 37.7 Å². The molecule has 0 spiro atoms. The van der Waals surface area contributed by atoms with Crippen molar-refractivity contribution in [3.05, 3.63) is 0 Å². The van der Waals surface area contributed by atoms with Crippen LogP contribution in [0, 0.1) is 0 Å². The first-order chi connectivity index (χ1) is 13.8. The number of carbonyl (C=O) groups excluding carboxylic acids is 2. The number of quaternary nitrogens is 1. The summed E-state index contributed by atoms with van der Waals surface area (Å²) in [5, 5.41) is 21.2. The molecule has 2 N–H and O–H groups in total. The number of ketones is 2. The van der Waals surface area contributed by atoms with Crippen LogP contribution in [0.5, 0.6) is 0 Å². The zero-order valence-corrected chi connectivity index (χ0v) is 20.0. The molecule has 0 bridgehead atoms. The van der Waals surface area contributed by atoms with Gasteiger partial charge in [0.2, 0.25) is 5.60 Å². The Bertz CT molecular complexity index is 554. The van der Waals surface area contributed by atoms with E-state index in [1.54, 1.807) is 0 Å². The van der Waals surface area contributed by atoms with Crippen LogP contribution in [0.2, 0.25) is 0 Å². The van der Waals surface area contributed by atoms with Crippen molar-refractivity contribution in [2.24, 2.45) is 0 Å². The number of hydrogen-bond acceptors (Lipinski definition) is 8. The molecule has 0 aromatic carbocycles. The summed E-state index contributed by atoms with van der Waals surface area (Å²) >= 11 is 0. The van der Waals surface area contributed by atoms with Gasteiger partial charge in [-0.1, -0.05) is 39.5 Å². The van der Waals surface area contributed by atoms with E-state index in [0.29, 0.717) is 23.9 Å². The van der Waals surface area contributed by atoms with Gasteiger partial charge in [0.05, 0.1) is 27.7 Å². The van der Waals surface area contributed by atoms with Gasteiger partial charge >= 0.3 is 0 Å². The maximum Gasteiger partial charge on any atom is 0.268 e. The van der Waals surface area contributed by atoms with E-state index >= 15 is 0 Å². The number of aliphatic hydroxyl groups excluding tert-OH is 1. The summed E-state index contributed by atoms with van der Waals surface area (Å²) in [5.41, 5.74) is -2.69. The highest BCUT2D eigenvalue weighted by Crippen LogP contribution is 2.39. The Morgan fingerprint density at radius 1 is 1.00 bits per heavy atom. The predicted octanol–water partition coefficient (Wildman–Crippen LogP) is 1.59. The second kappa shape index (κ2) is 13.7. The molecule has 9 nitrogen and oxygen atoms in total. The summed E-state index contributed by atoms with van der Waals surface area (Å²) in [6.07, 6.45) is 1.88. The van der Waals surface area contributed by atoms with E-state index in [2.05, 4.69) is 4.52 Å². The van der Waals surface area contributed by atoms with E-state index in [4.69, 9.17) is 4.52 Å². The van der Waals surface area contributed by atoms with Gasteiger partial charge < -0.3 is 28.6 Å². The highest BCUT2D eigenvalue weighted by atomic mass is 31.2. The van der Waals surface area contributed by atoms with E-state index in [1.807, 2.05) is 35.0 Å². The molecule has 0 fully saturated rings.